The number of likely N-dealkylation sites (tertiary alicyclic amines) is 1. The molecular weight excluding hydrogens is 323 g/mol. The van der Waals surface area contributed by atoms with Crippen molar-refractivity contribution >= 4 is 11.6 Å². The molecule has 0 N–H and O–H groups in total. The van der Waals surface area contributed by atoms with Gasteiger partial charge in [0.1, 0.15) is 5.82 Å². The van der Waals surface area contributed by atoms with Crippen molar-refractivity contribution in [3.63, 3.8) is 0 Å². The number of aromatic nitrogens is 2. The van der Waals surface area contributed by atoms with Gasteiger partial charge in [-0.25, -0.2) is 4.39 Å². The van der Waals surface area contributed by atoms with Crippen molar-refractivity contribution in [3.8, 4) is 0 Å². The summed E-state index contributed by atoms with van der Waals surface area (Å²) in [5.74, 6) is 0.489. The van der Waals surface area contributed by atoms with Gasteiger partial charge in [0.15, 0.2) is 5.82 Å². The first kappa shape index (κ1) is 16.1. The number of carbonyl (C=O) groups is 1. The van der Waals surface area contributed by atoms with Gasteiger partial charge >= 0.3 is 0 Å². The Morgan fingerprint density at radius 3 is 2.72 bits per heavy atom. The topological polar surface area (TPSA) is 62.5 Å². The van der Waals surface area contributed by atoms with Gasteiger partial charge in [0.25, 0.3) is 5.91 Å². The van der Waals surface area contributed by atoms with Crippen LogP contribution in [-0.2, 0) is 0 Å². The highest BCUT2D eigenvalue weighted by atomic mass is 19.1. The summed E-state index contributed by atoms with van der Waals surface area (Å²) in [6, 6.07) is 4.59. The molecule has 0 aliphatic carbocycles. The molecule has 0 saturated carbocycles. The van der Waals surface area contributed by atoms with E-state index in [0.29, 0.717) is 29.5 Å². The van der Waals surface area contributed by atoms with Gasteiger partial charge in [-0.15, -0.1) is 0 Å². The van der Waals surface area contributed by atoms with E-state index >= 15 is 0 Å². The van der Waals surface area contributed by atoms with E-state index in [1.807, 2.05) is 4.90 Å². The largest absolute Gasteiger partial charge is 0.369 e. The molecule has 2 aliphatic rings. The zero-order valence-corrected chi connectivity index (χ0v) is 14.2. The second-order valence-corrected chi connectivity index (χ2v) is 6.69. The number of anilines is 1. The first-order chi connectivity index (χ1) is 12.1. The SMILES string of the molecule is Cc1nc([C@@H]2CCCN2C(=O)c2ccc(N3CCCC3)c(F)c2)no1. The average Bonchev–Trinajstić information content (AvgIpc) is 3.35. The number of benzene rings is 1. The molecule has 2 saturated heterocycles. The molecule has 0 radical (unpaired) electrons. The third kappa shape index (κ3) is 2.99. The quantitative estimate of drug-likeness (QED) is 0.856. The van der Waals surface area contributed by atoms with Gasteiger partial charge < -0.3 is 14.3 Å². The van der Waals surface area contributed by atoms with Crippen LogP contribution in [0.1, 0.15) is 53.8 Å². The van der Waals surface area contributed by atoms with Crippen LogP contribution in [0.3, 0.4) is 0 Å². The smallest absolute Gasteiger partial charge is 0.254 e. The Morgan fingerprint density at radius 1 is 1.24 bits per heavy atom. The van der Waals surface area contributed by atoms with Gasteiger partial charge in [-0.3, -0.25) is 4.79 Å². The van der Waals surface area contributed by atoms with E-state index in [1.165, 1.54) is 6.07 Å². The molecular formula is C18H21FN4O2. The molecule has 3 heterocycles. The van der Waals surface area contributed by atoms with Gasteiger partial charge in [0.05, 0.1) is 11.7 Å². The number of amides is 1. The molecule has 25 heavy (non-hydrogen) atoms. The fourth-order valence-corrected chi connectivity index (χ4v) is 3.75. The first-order valence-corrected chi connectivity index (χ1v) is 8.79. The molecule has 0 bridgehead atoms. The standard InChI is InChI=1S/C18H21FN4O2/c1-12-20-17(21-25-12)16-5-4-10-23(16)18(24)13-6-7-15(14(19)11-13)22-8-2-3-9-22/h6-7,11,16H,2-5,8-10H2,1H3/t16-/m0/s1. The summed E-state index contributed by atoms with van der Waals surface area (Å²) in [4.78, 5) is 20.9. The lowest BCUT2D eigenvalue weighted by Crippen LogP contribution is -2.31. The predicted octanol–water partition coefficient (Wildman–Crippen LogP) is 3.09. The van der Waals surface area contributed by atoms with Crippen LogP contribution in [0.25, 0.3) is 0 Å². The van der Waals surface area contributed by atoms with Crippen molar-refractivity contribution < 1.29 is 13.7 Å². The maximum Gasteiger partial charge on any atom is 0.254 e. The average molecular weight is 344 g/mol. The summed E-state index contributed by atoms with van der Waals surface area (Å²) in [5.41, 5.74) is 0.952. The van der Waals surface area contributed by atoms with E-state index in [1.54, 1.807) is 24.0 Å². The Labute approximate surface area is 145 Å². The van der Waals surface area contributed by atoms with Gasteiger partial charge in [-0.1, -0.05) is 5.16 Å². The number of carbonyl (C=O) groups excluding carboxylic acids is 1. The summed E-state index contributed by atoms with van der Waals surface area (Å²) < 4.78 is 19.6. The molecule has 4 rings (SSSR count). The number of halogens is 1. The van der Waals surface area contributed by atoms with Crippen LogP contribution in [0.5, 0.6) is 0 Å². The van der Waals surface area contributed by atoms with E-state index < -0.39 is 0 Å². The molecule has 7 heteroatoms. The molecule has 1 atom stereocenters. The Hall–Kier alpha value is -2.44. The van der Waals surface area contributed by atoms with Crippen LogP contribution in [-0.4, -0.2) is 40.6 Å². The normalized spacial score (nSPS) is 20.5. The molecule has 2 aromatic rings. The Morgan fingerprint density at radius 2 is 2.04 bits per heavy atom. The van der Waals surface area contributed by atoms with E-state index in [4.69, 9.17) is 4.52 Å². The highest BCUT2D eigenvalue weighted by molar-refractivity contribution is 5.95. The Balaban J connectivity index is 1.56. The summed E-state index contributed by atoms with van der Waals surface area (Å²) >= 11 is 0. The molecule has 1 aromatic heterocycles. The highest BCUT2D eigenvalue weighted by Crippen LogP contribution is 2.32. The maximum absolute atomic E-state index is 14.5. The minimum absolute atomic E-state index is 0.183. The Bertz CT molecular complexity index is 785. The van der Waals surface area contributed by atoms with Crippen molar-refractivity contribution in [2.45, 2.75) is 38.6 Å². The van der Waals surface area contributed by atoms with E-state index in [-0.39, 0.29) is 17.8 Å². The van der Waals surface area contributed by atoms with Crippen LogP contribution >= 0.6 is 0 Å². The minimum atomic E-state index is -0.334. The lowest BCUT2D eigenvalue weighted by Gasteiger charge is -2.23. The van der Waals surface area contributed by atoms with E-state index in [0.717, 1.165) is 38.8 Å². The first-order valence-electron chi connectivity index (χ1n) is 8.79. The molecule has 132 valence electrons. The summed E-state index contributed by atoms with van der Waals surface area (Å²) in [6.45, 7) is 4.09. The zero-order chi connectivity index (χ0) is 17.4. The van der Waals surface area contributed by atoms with Crippen LogP contribution in [0.4, 0.5) is 10.1 Å². The molecule has 6 nitrogen and oxygen atoms in total. The summed E-state index contributed by atoms with van der Waals surface area (Å²) in [6.07, 6.45) is 3.83. The second kappa shape index (κ2) is 6.46. The predicted molar refractivity (Wildman–Crippen MR) is 89.9 cm³/mol. The van der Waals surface area contributed by atoms with Crippen molar-refractivity contribution in [1.29, 1.82) is 0 Å². The van der Waals surface area contributed by atoms with Crippen molar-refractivity contribution in [2.75, 3.05) is 24.5 Å². The fraction of sp³-hybridized carbons (Fsp3) is 0.500. The molecule has 1 aromatic carbocycles. The van der Waals surface area contributed by atoms with Crippen molar-refractivity contribution in [3.05, 3.63) is 41.3 Å². The molecule has 1 amide bonds. The third-order valence-electron chi connectivity index (χ3n) is 5.00. The monoisotopic (exact) mass is 344 g/mol. The van der Waals surface area contributed by atoms with Gasteiger partial charge in [-0.2, -0.15) is 4.98 Å². The number of rotatable bonds is 3. The molecule has 0 unspecified atom stereocenters. The van der Waals surface area contributed by atoms with Crippen LogP contribution < -0.4 is 4.90 Å². The van der Waals surface area contributed by atoms with Gasteiger partial charge in [0, 0.05) is 32.1 Å². The lowest BCUT2D eigenvalue weighted by molar-refractivity contribution is 0.0728. The molecule has 0 spiro atoms. The third-order valence-corrected chi connectivity index (χ3v) is 5.00. The minimum Gasteiger partial charge on any atom is -0.369 e. The van der Waals surface area contributed by atoms with Crippen molar-refractivity contribution in [1.82, 2.24) is 15.0 Å². The molecule has 2 aliphatic heterocycles. The zero-order valence-electron chi connectivity index (χ0n) is 14.2. The number of nitrogens with zero attached hydrogens (tertiary/aromatic N) is 4. The fourth-order valence-electron chi connectivity index (χ4n) is 3.75. The molecule has 2 fully saturated rings. The summed E-state index contributed by atoms with van der Waals surface area (Å²) in [7, 11) is 0. The van der Waals surface area contributed by atoms with E-state index in [9.17, 15) is 9.18 Å². The van der Waals surface area contributed by atoms with E-state index in [2.05, 4.69) is 10.1 Å². The van der Waals surface area contributed by atoms with Crippen molar-refractivity contribution in [2.24, 2.45) is 0 Å². The number of hydrogen-bond donors (Lipinski definition) is 0. The lowest BCUT2D eigenvalue weighted by atomic mass is 10.1. The number of aryl methyl sites for hydroxylation is 1. The highest BCUT2D eigenvalue weighted by Gasteiger charge is 2.34. The van der Waals surface area contributed by atoms with Crippen LogP contribution in [0.15, 0.2) is 22.7 Å². The maximum atomic E-state index is 14.5. The van der Waals surface area contributed by atoms with Gasteiger partial charge in [-0.05, 0) is 43.9 Å². The summed E-state index contributed by atoms with van der Waals surface area (Å²) in [5, 5.41) is 3.95. The number of hydrogen-bond acceptors (Lipinski definition) is 5. The van der Waals surface area contributed by atoms with Crippen LogP contribution in [0, 0.1) is 12.7 Å². The van der Waals surface area contributed by atoms with Crippen LogP contribution in [0.2, 0.25) is 0 Å². The van der Waals surface area contributed by atoms with Gasteiger partial charge in [0.2, 0.25) is 5.89 Å². The Kier molecular flexibility index (Phi) is 4.15. The second-order valence-electron chi connectivity index (χ2n) is 6.69.